The Labute approximate surface area is 128 Å². The SMILES string of the molecule is CCOC(OCC)[SiH2]CCCN1CC(C(=O)OC)CC1=O. The quantitative estimate of drug-likeness (QED) is 0.252. The maximum atomic E-state index is 11.8. The molecule has 1 unspecified atom stereocenters. The first-order valence-electron chi connectivity index (χ1n) is 7.71. The van der Waals surface area contributed by atoms with Crippen molar-refractivity contribution in [1.82, 2.24) is 4.90 Å². The molecule has 1 amide bonds. The Morgan fingerprint density at radius 2 is 2.05 bits per heavy atom. The number of esters is 1. The molecule has 0 spiro atoms. The van der Waals surface area contributed by atoms with Gasteiger partial charge >= 0.3 is 5.97 Å². The topological polar surface area (TPSA) is 65.1 Å². The third kappa shape index (κ3) is 6.15. The second-order valence-electron chi connectivity index (χ2n) is 5.10. The van der Waals surface area contributed by atoms with Crippen LogP contribution in [-0.2, 0) is 23.8 Å². The Kier molecular flexibility index (Phi) is 8.56. The van der Waals surface area contributed by atoms with Crippen LogP contribution in [0.25, 0.3) is 0 Å². The first-order chi connectivity index (χ1) is 10.1. The van der Waals surface area contributed by atoms with Crippen LogP contribution in [0.3, 0.4) is 0 Å². The summed E-state index contributed by atoms with van der Waals surface area (Å²) in [5.41, 5.74) is 0. The second-order valence-corrected chi connectivity index (χ2v) is 7.05. The van der Waals surface area contributed by atoms with E-state index in [4.69, 9.17) is 14.2 Å². The molecule has 1 fully saturated rings. The summed E-state index contributed by atoms with van der Waals surface area (Å²) in [5, 5.41) is 0. The van der Waals surface area contributed by atoms with E-state index in [2.05, 4.69) is 0 Å². The Morgan fingerprint density at radius 3 is 2.62 bits per heavy atom. The lowest BCUT2D eigenvalue weighted by molar-refractivity contribution is -0.145. The molecule has 1 heterocycles. The van der Waals surface area contributed by atoms with Gasteiger partial charge in [0.1, 0.15) is 5.91 Å². The zero-order chi connectivity index (χ0) is 15.7. The third-order valence-electron chi connectivity index (χ3n) is 3.57. The van der Waals surface area contributed by atoms with Crippen molar-refractivity contribution in [2.45, 2.75) is 38.6 Å². The van der Waals surface area contributed by atoms with Gasteiger partial charge in [-0.25, -0.2) is 0 Å². The van der Waals surface area contributed by atoms with Crippen molar-refractivity contribution in [1.29, 1.82) is 0 Å². The van der Waals surface area contributed by atoms with Crippen molar-refractivity contribution in [3.8, 4) is 0 Å². The van der Waals surface area contributed by atoms with Gasteiger partial charge in [0.05, 0.1) is 22.5 Å². The Bertz CT molecular complexity index is 333. The number of hydrogen-bond donors (Lipinski definition) is 0. The summed E-state index contributed by atoms with van der Waals surface area (Å²) in [6.45, 7) is 6.48. The Morgan fingerprint density at radius 1 is 1.38 bits per heavy atom. The zero-order valence-corrected chi connectivity index (χ0v) is 14.7. The number of methoxy groups -OCH3 is 1. The summed E-state index contributed by atoms with van der Waals surface area (Å²) in [4.78, 5) is 25.0. The predicted octanol–water partition coefficient (Wildman–Crippen LogP) is 0.342. The van der Waals surface area contributed by atoms with Crippen molar-refractivity contribution in [3.63, 3.8) is 0 Å². The number of carbonyl (C=O) groups excluding carboxylic acids is 2. The van der Waals surface area contributed by atoms with Crippen molar-refractivity contribution >= 4 is 21.4 Å². The van der Waals surface area contributed by atoms with Crippen molar-refractivity contribution in [3.05, 3.63) is 0 Å². The molecule has 6 nitrogen and oxygen atoms in total. The fourth-order valence-corrected chi connectivity index (χ4v) is 4.16. The molecule has 0 radical (unpaired) electrons. The molecule has 1 atom stereocenters. The van der Waals surface area contributed by atoms with Gasteiger partial charge in [-0.05, 0) is 20.3 Å². The lowest BCUT2D eigenvalue weighted by Crippen LogP contribution is -2.29. The Hall–Kier alpha value is -0.923. The minimum Gasteiger partial charge on any atom is -0.469 e. The molecule has 0 aliphatic carbocycles. The lowest BCUT2D eigenvalue weighted by Gasteiger charge is -2.18. The highest BCUT2D eigenvalue weighted by molar-refractivity contribution is 6.36. The van der Waals surface area contributed by atoms with Crippen LogP contribution in [-0.4, -0.2) is 65.6 Å². The van der Waals surface area contributed by atoms with Crippen LogP contribution in [0.15, 0.2) is 0 Å². The van der Waals surface area contributed by atoms with E-state index in [-0.39, 0.29) is 30.1 Å². The maximum absolute atomic E-state index is 11.8. The van der Waals surface area contributed by atoms with Gasteiger partial charge < -0.3 is 19.1 Å². The summed E-state index contributed by atoms with van der Waals surface area (Å²) in [5.74, 6) is -0.539. The highest BCUT2D eigenvalue weighted by atomic mass is 28.2. The summed E-state index contributed by atoms with van der Waals surface area (Å²) in [7, 11) is 0.905. The van der Waals surface area contributed by atoms with Gasteiger partial charge in [0, 0.05) is 32.7 Å². The molecule has 0 N–H and O–H groups in total. The number of nitrogens with zero attached hydrogens (tertiary/aromatic N) is 1. The van der Waals surface area contributed by atoms with Crippen LogP contribution in [0.4, 0.5) is 0 Å². The summed E-state index contributed by atoms with van der Waals surface area (Å²) < 4.78 is 15.8. The van der Waals surface area contributed by atoms with E-state index < -0.39 is 9.52 Å². The van der Waals surface area contributed by atoms with E-state index >= 15 is 0 Å². The molecule has 1 aliphatic heterocycles. The average Bonchev–Trinajstić information content (AvgIpc) is 2.84. The van der Waals surface area contributed by atoms with E-state index in [0.717, 1.165) is 12.5 Å². The largest absolute Gasteiger partial charge is 0.469 e. The highest BCUT2D eigenvalue weighted by Gasteiger charge is 2.34. The molecule has 7 heteroatoms. The van der Waals surface area contributed by atoms with Crippen LogP contribution in [0.5, 0.6) is 0 Å². The van der Waals surface area contributed by atoms with Gasteiger partial charge in [-0.2, -0.15) is 0 Å². The van der Waals surface area contributed by atoms with Crippen molar-refractivity contribution in [2.75, 3.05) is 33.4 Å². The summed E-state index contributed by atoms with van der Waals surface area (Å²) in [6.07, 6.45) is 1.23. The summed E-state index contributed by atoms with van der Waals surface area (Å²) >= 11 is 0. The first-order valence-corrected chi connectivity index (χ1v) is 9.52. The number of amides is 1. The molecule has 21 heavy (non-hydrogen) atoms. The van der Waals surface area contributed by atoms with Gasteiger partial charge in [0.2, 0.25) is 5.91 Å². The normalized spacial score (nSPS) is 19.1. The van der Waals surface area contributed by atoms with Crippen molar-refractivity contribution in [2.24, 2.45) is 5.92 Å². The maximum Gasteiger partial charge on any atom is 0.310 e. The van der Waals surface area contributed by atoms with Crippen LogP contribution >= 0.6 is 0 Å². The van der Waals surface area contributed by atoms with Gasteiger partial charge in [-0.3, -0.25) is 9.59 Å². The van der Waals surface area contributed by atoms with E-state index in [1.165, 1.54) is 7.11 Å². The average molecular weight is 317 g/mol. The van der Waals surface area contributed by atoms with E-state index in [1.807, 2.05) is 13.8 Å². The summed E-state index contributed by atoms with van der Waals surface area (Å²) in [6, 6.07) is 1.07. The van der Waals surface area contributed by atoms with Crippen LogP contribution < -0.4 is 0 Å². The molecular weight excluding hydrogens is 290 g/mol. The zero-order valence-electron chi connectivity index (χ0n) is 13.3. The van der Waals surface area contributed by atoms with Gasteiger partial charge in [-0.1, -0.05) is 6.04 Å². The number of rotatable bonds is 10. The smallest absolute Gasteiger partial charge is 0.310 e. The molecule has 0 aromatic rings. The minimum atomic E-state index is -0.459. The Balaban J connectivity index is 2.23. The van der Waals surface area contributed by atoms with Gasteiger partial charge in [0.15, 0.2) is 0 Å². The number of hydrogen-bond acceptors (Lipinski definition) is 5. The first kappa shape index (κ1) is 18.1. The van der Waals surface area contributed by atoms with Crippen LogP contribution in [0.2, 0.25) is 6.04 Å². The number of ether oxygens (including phenoxy) is 3. The van der Waals surface area contributed by atoms with Crippen molar-refractivity contribution < 1.29 is 23.8 Å². The van der Waals surface area contributed by atoms with Gasteiger partial charge in [-0.15, -0.1) is 0 Å². The fourth-order valence-electron chi connectivity index (χ4n) is 2.51. The molecule has 0 bridgehead atoms. The van der Waals surface area contributed by atoms with Gasteiger partial charge in [0.25, 0.3) is 0 Å². The molecule has 0 saturated carbocycles. The van der Waals surface area contributed by atoms with Crippen LogP contribution in [0.1, 0.15) is 26.7 Å². The predicted molar refractivity (Wildman–Crippen MR) is 81.7 cm³/mol. The second kappa shape index (κ2) is 9.91. The number of likely N-dealkylation sites (tertiary alicyclic amines) is 1. The minimum absolute atomic E-state index is 0.0166. The van der Waals surface area contributed by atoms with E-state index in [0.29, 0.717) is 26.3 Å². The van der Waals surface area contributed by atoms with E-state index in [9.17, 15) is 9.59 Å². The molecule has 0 aromatic carbocycles. The standard InChI is InChI=1S/C14H27NO5Si/c1-4-19-14(20-5-2)21-8-6-7-15-10-11(9-12(15)16)13(17)18-3/h11,14H,4-10,21H2,1-3H3. The fraction of sp³-hybridized carbons (Fsp3) is 0.857. The molecule has 1 saturated heterocycles. The molecule has 1 rings (SSSR count). The third-order valence-corrected chi connectivity index (χ3v) is 5.42. The molecule has 0 aromatic heterocycles. The molecule has 122 valence electrons. The molecular formula is C14H27NO5Si. The van der Waals surface area contributed by atoms with Crippen LogP contribution in [0, 0.1) is 5.92 Å². The monoisotopic (exact) mass is 317 g/mol. The lowest BCUT2D eigenvalue weighted by atomic mass is 10.1. The highest BCUT2D eigenvalue weighted by Crippen LogP contribution is 2.19. The molecule has 1 aliphatic rings. The number of carbonyl (C=O) groups is 2. The van der Waals surface area contributed by atoms with E-state index in [1.54, 1.807) is 4.90 Å².